The van der Waals surface area contributed by atoms with Crippen molar-refractivity contribution in [3.8, 4) is 17.2 Å². The van der Waals surface area contributed by atoms with Crippen molar-refractivity contribution >= 4 is 0 Å². The predicted molar refractivity (Wildman–Crippen MR) is 93.4 cm³/mol. The standard InChI is InChI=1S/C21H22O4/c1-21(2)19(23)9-12-7-16-11(8-17(12)25-21)3-5-15-14-6-4-13(22)10-18(14)24-20(15)16/h4,6-8,10,15,19-20,22-23H,3,5,9H2,1-2H3/t15-,19+,20-/m1/s1. The average molecular weight is 338 g/mol. The van der Waals surface area contributed by atoms with Crippen LogP contribution in [-0.2, 0) is 12.8 Å². The lowest BCUT2D eigenvalue weighted by Gasteiger charge is -2.38. The molecule has 0 bridgehead atoms. The van der Waals surface area contributed by atoms with Crippen molar-refractivity contribution in [1.82, 2.24) is 0 Å². The minimum atomic E-state index is -0.559. The highest BCUT2D eigenvalue weighted by Crippen LogP contribution is 2.53. The summed E-state index contributed by atoms with van der Waals surface area (Å²) in [6.45, 7) is 3.86. The molecule has 0 unspecified atom stereocenters. The SMILES string of the molecule is CC1(C)Oc2cc3c(cc2C[C@@H]1O)[C@@H]1Oc2cc(O)ccc2[C@H]1CC3. The first-order valence-corrected chi connectivity index (χ1v) is 8.95. The Morgan fingerprint density at radius 3 is 2.72 bits per heavy atom. The molecule has 4 heteroatoms. The first-order valence-electron chi connectivity index (χ1n) is 8.95. The van der Waals surface area contributed by atoms with Crippen LogP contribution in [0, 0.1) is 0 Å². The first kappa shape index (κ1) is 15.1. The molecule has 2 aliphatic heterocycles. The van der Waals surface area contributed by atoms with Crippen molar-refractivity contribution in [2.24, 2.45) is 0 Å². The molecular weight excluding hydrogens is 316 g/mol. The van der Waals surface area contributed by atoms with Crippen molar-refractivity contribution in [3.63, 3.8) is 0 Å². The molecule has 0 spiro atoms. The van der Waals surface area contributed by atoms with Gasteiger partial charge in [0.2, 0.25) is 0 Å². The molecule has 5 rings (SSSR count). The van der Waals surface area contributed by atoms with Crippen molar-refractivity contribution in [2.45, 2.75) is 56.8 Å². The number of hydrogen-bond acceptors (Lipinski definition) is 4. The van der Waals surface area contributed by atoms with E-state index in [1.807, 2.05) is 19.9 Å². The number of rotatable bonds is 0. The number of ether oxygens (including phenoxy) is 2. The Morgan fingerprint density at radius 1 is 1.04 bits per heavy atom. The van der Waals surface area contributed by atoms with Crippen molar-refractivity contribution in [1.29, 1.82) is 0 Å². The summed E-state index contributed by atoms with van der Waals surface area (Å²) in [5, 5.41) is 20.1. The third-order valence-electron chi connectivity index (χ3n) is 5.96. The van der Waals surface area contributed by atoms with Gasteiger partial charge in [0.25, 0.3) is 0 Å². The maximum Gasteiger partial charge on any atom is 0.131 e. The molecule has 1 aliphatic carbocycles. The smallest absolute Gasteiger partial charge is 0.131 e. The summed E-state index contributed by atoms with van der Waals surface area (Å²) < 4.78 is 12.3. The number of phenols is 1. The Labute approximate surface area is 147 Å². The fourth-order valence-corrected chi connectivity index (χ4v) is 4.44. The van der Waals surface area contributed by atoms with E-state index in [0.717, 1.165) is 29.9 Å². The highest BCUT2D eigenvalue weighted by Gasteiger charge is 2.42. The molecule has 2 aromatic rings. The summed E-state index contributed by atoms with van der Waals surface area (Å²) in [6.07, 6.45) is 2.08. The molecule has 4 nitrogen and oxygen atoms in total. The van der Waals surface area contributed by atoms with E-state index >= 15 is 0 Å². The van der Waals surface area contributed by atoms with Gasteiger partial charge in [-0.25, -0.2) is 0 Å². The quantitative estimate of drug-likeness (QED) is 0.770. The van der Waals surface area contributed by atoms with Gasteiger partial charge in [-0.05, 0) is 61.6 Å². The van der Waals surface area contributed by atoms with E-state index in [-0.39, 0.29) is 11.9 Å². The van der Waals surface area contributed by atoms with Gasteiger partial charge < -0.3 is 19.7 Å². The van der Waals surface area contributed by atoms with Crippen LogP contribution in [0.1, 0.15) is 54.5 Å². The largest absolute Gasteiger partial charge is 0.508 e. The lowest BCUT2D eigenvalue weighted by atomic mass is 9.77. The topological polar surface area (TPSA) is 58.9 Å². The van der Waals surface area contributed by atoms with Crippen LogP contribution in [0.3, 0.4) is 0 Å². The van der Waals surface area contributed by atoms with Gasteiger partial charge in [-0.2, -0.15) is 0 Å². The van der Waals surface area contributed by atoms with Crippen molar-refractivity contribution < 1.29 is 19.7 Å². The number of aliphatic hydroxyl groups excluding tert-OH is 1. The number of aromatic hydroxyl groups is 1. The monoisotopic (exact) mass is 338 g/mol. The molecule has 2 heterocycles. The number of hydrogen-bond donors (Lipinski definition) is 2. The van der Waals surface area contributed by atoms with E-state index in [4.69, 9.17) is 9.47 Å². The summed E-state index contributed by atoms with van der Waals surface area (Å²) in [5.74, 6) is 2.24. The van der Waals surface area contributed by atoms with Crippen LogP contribution in [0.4, 0.5) is 0 Å². The number of aryl methyl sites for hydroxylation is 1. The molecule has 3 atom stereocenters. The van der Waals surface area contributed by atoms with Crippen LogP contribution < -0.4 is 9.47 Å². The van der Waals surface area contributed by atoms with Gasteiger partial charge >= 0.3 is 0 Å². The molecule has 130 valence electrons. The molecule has 0 aromatic heterocycles. The lowest BCUT2D eigenvalue weighted by Crippen LogP contribution is -2.46. The normalized spacial score (nSPS) is 28.0. The molecule has 0 saturated carbocycles. The van der Waals surface area contributed by atoms with Crippen LogP contribution in [0.15, 0.2) is 30.3 Å². The van der Waals surface area contributed by atoms with Gasteiger partial charge in [0.15, 0.2) is 0 Å². The molecular formula is C21H22O4. The molecule has 2 N–H and O–H groups in total. The second-order valence-electron chi connectivity index (χ2n) is 7.99. The summed E-state index contributed by atoms with van der Waals surface area (Å²) in [4.78, 5) is 0. The second-order valence-corrected chi connectivity index (χ2v) is 7.99. The van der Waals surface area contributed by atoms with Gasteiger partial charge in [-0.15, -0.1) is 0 Å². The summed E-state index contributed by atoms with van der Waals surface area (Å²) in [7, 11) is 0. The summed E-state index contributed by atoms with van der Waals surface area (Å²) in [5.41, 5.74) is 4.14. The zero-order valence-corrected chi connectivity index (χ0v) is 14.5. The third kappa shape index (κ3) is 2.17. The van der Waals surface area contributed by atoms with E-state index in [9.17, 15) is 10.2 Å². The Balaban J connectivity index is 1.57. The van der Waals surface area contributed by atoms with Crippen LogP contribution in [0.25, 0.3) is 0 Å². The van der Waals surface area contributed by atoms with E-state index < -0.39 is 11.7 Å². The Kier molecular flexibility index (Phi) is 2.97. The summed E-state index contributed by atoms with van der Waals surface area (Å²) >= 11 is 0. The lowest BCUT2D eigenvalue weighted by molar-refractivity contribution is -0.0413. The molecule has 0 radical (unpaired) electrons. The molecule has 3 aliphatic rings. The fourth-order valence-electron chi connectivity index (χ4n) is 4.44. The first-order chi connectivity index (χ1) is 11.9. The van der Waals surface area contributed by atoms with Crippen LogP contribution >= 0.6 is 0 Å². The van der Waals surface area contributed by atoms with Crippen molar-refractivity contribution in [2.75, 3.05) is 0 Å². The van der Waals surface area contributed by atoms with Crippen LogP contribution in [0.5, 0.6) is 17.2 Å². The van der Waals surface area contributed by atoms with E-state index in [1.54, 1.807) is 12.1 Å². The minimum absolute atomic E-state index is 0.0158. The van der Waals surface area contributed by atoms with E-state index in [1.165, 1.54) is 16.7 Å². The molecule has 2 aromatic carbocycles. The van der Waals surface area contributed by atoms with Crippen LogP contribution in [-0.4, -0.2) is 21.9 Å². The molecule has 25 heavy (non-hydrogen) atoms. The number of benzene rings is 2. The van der Waals surface area contributed by atoms with Crippen LogP contribution in [0.2, 0.25) is 0 Å². The van der Waals surface area contributed by atoms with Gasteiger partial charge in [0.1, 0.15) is 29.0 Å². The van der Waals surface area contributed by atoms with Gasteiger partial charge in [0, 0.05) is 24.0 Å². The van der Waals surface area contributed by atoms with Gasteiger partial charge in [-0.3, -0.25) is 0 Å². The maximum absolute atomic E-state index is 10.4. The number of phenolic OH excluding ortho intramolecular Hbond substituents is 1. The molecule has 0 fully saturated rings. The highest BCUT2D eigenvalue weighted by atomic mass is 16.5. The number of aliphatic hydroxyl groups is 1. The van der Waals surface area contributed by atoms with Crippen molar-refractivity contribution in [3.05, 3.63) is 52.6 Å². The predicted octanol–water partition coefficient (Wildman–Crippen LogP) is 3.63. The second kappa shape index (κ2) is 4.92. The zero-order chi connectivity index (χ0) is 17.3. The average Bonchev–Trinajstić information content (AvgIpc) is 2.92. The van der Waals surface area contributed by atoms with E-state index in [2.05, 4.69) is 12.1 Å². The molecule has 0 amide bonds. The number of fused-ring (bicyclic) bond motifs is 6. The Bertz CT molecular complexity index is 870. The highest BCUT2D eigenvalue weighted by molar-refractivity contribution is 5.53. The minimum Gasteiger partial charge on any atom is -0.508 e. The third-order valence-corrected chi connectivity index (χ3v) is 5.96. The fraction of sp³-hybridized carbons (Fsp3) is 0.429. The van der Waals surface area contributed by atoms with E-state index in [0.29, 0.717) is 12.3 Å². The zero-order valence-electron chi connectivity index (χ0n) is 14.5. The Hall–Kier alpha value is -2.20. The summed E-state index contributed by atoms with van der Waals surface area (Å²) in [6, 6.07) is 9.72. The maximum atomic E-state index is 10.4. The molecule has 0 saturated heterocycles. The van der Waals surface area contributed by atoms with Gasteiger partial charge in [0.05, 0.1) is 6.10 Å². The Morgan fingerprint density at radius 2 is 1.88 bits per heavy atom. The van der Waals surface area contributed by atoms with Gasteiger partial charge in [-0.1, -0.05) is 6.07 Å².